The van der Waals surface area contributed by atoms with Crippen LogP contribution in [0.2, 0.25) is 0 Å². The first-order valence-electron chi connectivity index (χ1n) is 6.71. The topological polar surface area (TPSA) is 66.8 Å². The maximum absolute atomic E-state index is 12.1. The van der Waals surface area contributed by atoms with Crippen molar-refractivity contribution in [1.82, 2.24) is 4.90 Å². The molecule has 1 N–H and O–H groups in total. The van der Waals surface area contributed by atoms with Crippen LogP contribution in [-0.4, -0.2) is 41.6 Å². The minimum atomic E-state index is -1.11. The number of nitrogens with zero attached hydrogens (tertiary/aromatic N) is 1. The van der Waals surface area contributed by atoms with Crippen molar-refractivity contribution in [2.24, 2.45) is 5.41 Å². The summed E-state index contributed by atoms with van der Waals surface area (Å²) in [6, 6.07) is 9.57. The van der Waals surface area contributed by atoms with Gasteiger partial charge in [-0.2, -0.15) is 0 Å². The van der Waals surface area contributed by atoms with E-state index in [1.807, 2.05) is 30.3 Å². The molecule has 2 rings (SSSR count). The Morgan fingerprint density at radius 1 is 1.40 bits per heavy atom. The van der Waals surface area contributed by atoms with Crippen LogP contribution in [0.3, 0.4) is 0 Å². The molecule has 1 amide bonds. The number of aliphatic hydroxyl groups excluding tert-OH is 1. The van der Waals surface area contributed by atoms with Crippen LogP contribution < -0.4 is 0 Å². The minimum Gasteiger partial charge on any atom is -0.465 e. The van der Waals surface area contributed by atoms with Gasteiger partial charge in [0.25, 0.3) is 0 Å². The highest BCUT2D eigenvalue weighted by Crippen LogP contribution is 2.33. The zero-order valence-electron chi connectivity index (χ0n) is 11.5. The molecule has 1 fully saturated rings. The van der Waals surface area contributed by atoms with Gasteiger partial charge >= 0.3 is 5.97 Å². The van der Waals surface area contributed by atoms with E-state index >= 15 is 0 Å². The lowest BCUT2D eigenvalue weighted by molar-refractivity contribution is -0.157. The molecule has 20 heavy (non-hydrogen) atoms. The molecule has 1 aromatic carbocycles. The van der Waals surface area contributed by atoms with E-state index in [-0.39, 0.29) is 32.1 Å². The molecule has 5 nitrogen and oxygen atoms in total. The highest BCUT2D eigenvalue weighted by molar-refractivity contribution is 5.90. The molecular weight excluding hydrogens is 258 g/mol. The van der Waals surface area contributed by atoms with Gasteiger partial charge in [-0.25, -0.2) is 0 Å². The Labute approximate surface area is 118 Å². The van der Waals surface area contributed by atoms with E-state index < -0.39 is 11.4 Å². The molecule has 0 bridgehead atoms. The lowest BCUT2D eigenvalue weighted by Crippen LogP contribution is -2.39. The average Bonchev–Trinajstić information content (AvgIpc) is 2.78. The van der Waals surface area contributed by atoms with Crippen LogP contribution in [0, 0.1) is 5.41 Å². The first kappa shape index (κ1) is 14.5. The van der Waals surface area contributed by atoms with Crippen LogP contribution in [0.4, 0.5) is 0 Å². The number of rotatable bonds is 5. The number of amides is 1. The summed E-state index contributed by atoms with van der Waals surface area (Å²) in [4.78, 5) is 25.6. The summed E-state index contributed by atoms with van der Waals surface area (Å²) in [5.41, 5.74) is -0.111. The zero-order chi connectivity index (χ0) is 14.6. The van der Waals surface area contributed by atoms with Crippen LogP contribution in [0.25, 0.3) is 0 Å². The first-order valence-corrected chi connectivity index (χ1v) is 6.71. The van der Waals surface area contributed by atoms with Crippen LogP contribution >= 0.6 is 0 Å². The van der Waals surface area contributed by atoms with Crippen molar-refractivity contribution in [1.29, 1.82) is 0 Å². The quantitative estimate of drug-likeness (QED) is 0.814. The number of likely N-dealkylation sites (tertiary alicyclic amines) is 1. The van der Waals surface area contributed by atoms with E-state index in [4.69, 9.17) is 4.74 Å². The van der Waals surface area contributed by atoms with E-state index in [1.54, 1.807) is 11.8 Å². The molecule has 1 aliphatic rings. The molecular formula is C15H19NO4. The van der Waals surface area contributed by atoms with Crippen molar-refractivity contribution in [3.63, 3.8) is 0 Å². The molecule has 1 unspecified atom stereocenters. The molecule has 1 atom stereocenters. The normalized spacial score (nSPS) is 22.1. The number of hydrogen-bond donors (Lipinski definition) is 1. The number of carbonyl (C=O) groups excluding carboxylic acids is 2. The zero-order valence-corrected chi connectivity index (χ0v) is 11.5. The Morgan fingerprint density at radius 2 is 2.10 bits per heavy atom. The predicted molar refractivity (Wildman–Crippen MR) is 72.6 cm³/mol. The smallest absolute Gasteiger partial charge is 0.316 e. The van der Waals surface area contributed by atoms with Gasteiger partial charge in [-0.1, -0.05) is 30.3 Å². The minimum absolute atomic E-state index is 0.00909. The molecule has 0 saturated carbocycles. The number of hydrogen-bond acceptors (Lipinski definition) is 4. The Balaban J connectivity index is 2.11. The van der Waals surface area contributed by atoms with Gasteiger partial charge in [-0.15, -0.1) is 0 Å². The molecule has 108 valence electrons. The molecule has 1 aliphatic heterocycles. The lowest BCUT2D eigenvalue weighted by Gasteiger charge is -2.24. The summed E-state index contributed by atoms with van der Waals surface area (Å²) in [7, 11) is 0. The van der Waals surface area contributed by atoms with Crippen molar-refractivity contribution in [3.05, 3.63) is 35.9 Å². The Morgan fingerprint density at radius 3 is 2.70 bits per heavy atom. The van der Waals surface area contributed by atoms with Crippen molar-refractivity contribution in [2.75, 3.05) is 19.8 Å². The molecule has 1 saturated heterocycles. The third-order valence-corrected chi connectivity index (χ3v) is 3.56. The first-order chi connectivity index (χ1) is 9.61. The van der Waals surface area contributed by atoms with Crippen LogP contribution in [-0.2, 0) is 20.9 Å². The highest BCUT2D eigenvalue weighted by atomic mass is 16.5. The number of benzene rings is 1. The van der Waals surface area contributed by atoms with E-state index in [1.165, 1.54) is 0 Å². The monoisotopic (exact) mass is 277 g/mol. The van der Waals surface area contributed by atoms with Crippen LogP contribution in [0.15, 0.2) is 30.3 Å². The number of esters is 1. The van der Waals surface area contributed by atoms with Crippen molar-refractivity contribution < 1.29 is 19.4 Å². The second-order valence-corrected chi connectivity index (χ2v) is 5.07. The third kappa shape index (κ3) is 2.82. The summed E-state index contributed by atoms with van der Waals surface area (Å²) >= 11 is 0. The van der Waals surface area contributed by atoms with Crippen LogP contribution in [0.1, 0.15) is 18.9 Å². The summed E-state index contributed by atoms with van der Waals surface area (Å²) in [6.45, 7) is 2.23. The lowest BCUT2D eigenvalue weighted by atomic mass is 9.88. The molecule has 0 aliphatic carbocycles. The summed E-state index contributed by atoms with van der Waals surface area (Å²) in [5, 5.41) is 9.54. The second kappa shape index (κ2) is 6.05. The van der Waals surface area contributed by atoms with Gasteiger partial charge < -0.3 is 14.7 Å². The number of aliphatic hydroxyl groups is 1. The Kier molecular flexibility index (Phi) is 4.39. The van der Waals surface area contributed by atoms with Gasteiger partial charge in [-0.3, -0.25) is 9.59 Å². The fourth-order valence-electron chi connectivity index (χ4n) is 2.45. The van der Waals surface area contributed by atoms with Gasteiger partial charge in [0, 0.05) is 19.5 Å². The van der Waals surface area contributed by atoms with Gasteiger partial charge in [0.1, 0.15) is 5.41 Å². The van der Waals surface area contributed by atoms with Crippen molar-refractivity contribution >= 4 is 11.9 Å². The second-order valence-electron chi connectivity index (χ2n) is 5.07. The summed E-state index contributed by atoms with van der Waals surface area (Å²) < 4.78 is 4.99. The van der Waals surface area contributed by atoms with Gasteiger partial charge in [-0.05, 0) is 12.5 Å². The Hall–Kier alpha value is -1.88. The highest BCUT2D eigenvalue weighted by Gasteiger charge is 2.49. The van der Waals surface area contributed by atoms with E-state index in [0.29, 0.717) is 6.54 Å². The SMILES string of the molecule is CCOC(=O)C1(CO)CC(=O)N(Cc2ccccc2)C1. The van der Waals surface area contributed by atoms with E-state index in [2.05, 4.69) is 0 Å². The molecule has 1 heterocycles. The van der Waals surface area contributed by atoms with E-state index in [9.17, 15) is 14.7 Å². The average molecular weight is 277 g/mol. The van der Waals surface area contributed by atoms with Crippen molar-refractivity contribution in [3.8, 4) is 0 Å². The molecule has 1 aromatic rings. The third-order valence-electron chi connectivity index (χ3n) is 3.56. The molecule has 5 heteroatoms. The summed E-state index contributed by atoms with van der Waals surface area (Å²) in [6.07, 6.45) is 0.00909. The van der Waals surface area contributed by atoms with Gasteiger partial charge in [0.15, 0.2) is 0 Å². The maximum Gasteiger partial charge on any atom is 0.316 e. The van der Waals surface area contributed by atoms with Gasteiger partial charge in [0.2, 0.25) is 5.91 Å². The number of ether oxygens (including phenoxy) is 1. The van der Waals surface area contributed by atoms with Crippen molar-refractivity contribution in [2.45, 2.75) is 19.9 Å². The fourth-order valence-corrected chi connectivity index (χ4v) is 2.45. The maximum atomic E-state index is 12.1. The molecule has 0 radical (unpaired) electrons. The predicted octanol–water partition coefficient (Wildman–Crippen LogP) is 0.961. The van der Waals surface area contributed by atoms with E-state index in [0.717, 1.165) is 5.56 Å². The molecule has 0 spiro atoms. The Bertz CT molecular complexity index is 488. The van der Waals surface area contributed by atoms with Gasteiger partial charge in [0.05, 0.1) is 13.2 Å². The molecule has 0 aromatic heterocycles. The summed E-state index contributed by atoms with van der Waals surface area (Å²) in [5.74, 6) is -0.623. The van der Waals surface area contributed by atoms with Crippen LogP contribution in [0.5, 0.6) is 0 Å². The fraction of sp³-hybridized carbons (Fsp3) is 0.467. The largest absolute Gasteiger partial charge is 0.465 e. The number of carbonyl (C=O) groups is 2. The standard InChI is InChI=1S/C15H19NO4/c1-2-20-14(19)15(11-17)8-13(18)16(10-15)9-12-6-4-3-5-7-12/h3-7,17H,2,8-11H2,1H3.